The first-order chi connectivity index (χ1) is 6.33. The summed E-state index contributed by atoms with van der Waals surface area (Å²) in [5, 5.41) is 3.14. The highest BCUT2D eigenvalue weighted by molar-refractivity contribution is 7.90. The minimum Gasteiger partial charge on any atom is -0.309 e. The van der Waals surface area contributed by atoms with Gasteiger partial charge in [0.2, 0.25) is 0 Å². The van der Waals surface area contributed by atoms with Gasteiger partial charge in [0.15, 0.2) is 0 Å². The molecule has 0 atom stereocenters. The Morgan fingerprint density at radius 3 is 2.14 bits per heavy atom. The van der Waals surface area contributed by atoms with E-state index >= 15 is 0 Å². The summed E-state index contributed by atoms with van der Waals surface area (Å²) >= 11 is 11.4. The third kappa shape index (κ3) is 6.87. The van der Waals surface area contributed by atoms with Gasteiger partial charge in [0.1, 0.15) is 9.84 Å². The van der Waals surface area contributed by atoms with Crippen molar-refractivity contribution in [1.29, 1.82) is 0 Å². The Hall–Kier alpha value is 0.490. The van der Waals surface area contributed by atoms with Crippen LogP contribution < -0.4 is 5.32 Å². The average Bonchev–Trinajstić information content (AvgIpc) is 2.11. The SMILES string of the molecule is CC(CCl)(CCl)NCCCS(C)(=O)=O. The highest BCUT2D eigenvalue weighted by atomic mass is 35.5. The van der Waals surface area contributed by atoms with Gasteiger partial charge in [0.25, 0.3) is 0 Å². The van der Waals surface area contributed by atoms with E-state index in [0.29, 0.717) is 24.7 Å². The van der Waals surface area contributed by atoms with Crippen molar-refractivity contribution in [2.45, 2.75) is 18.9 Å². The first-order valence-corrected chi connectivity index (χ1v) is 7.50. The molecule has 0 aliphatic heterocycles. The van der Waals surface area contributed by atoms with Gasteiger partial charge < -0.3 is 5.32 Å². The Morgan fingerprint density at radius 2 is 1.79 bits per heavy atom. The molecule has 0 saturated carbocycles. The van der Waals surface area contributed by atoms with Gasteiger partial charge in [-0.25, -0.2) is 8.42 Å². The lowest BCUT2D eigenvalue weighted by Crippen LogP contribution is -2.46. The Kier molecular flexibility index (Phi) is 6.37. The molecule has 0 spiro atoms. The molecule has 0 saturated heterocycles. The standard InChI is InChI=1S/C8H17Cl2NO2S/c1-8(6-9,7-10)11-4-3-5-14(2,12)13/h11H,3-7H2,1-2H3. The second-order valence-electron chi connectivity index (χ2n) is 3.74. The summed E-state index contributed by atoms with van der Waals surface area (Å²) in [6, 6.07) is 0. The Bertz CT molecular complexity index is 250. The second kappa shape index (κ2) is 6.16. The molecule has 1 N–H and O–H groups in total. The molecule has 0 bridgehead atoms. The Labute approximate surface area is 96.1 Å². The molecule has 0 aromatic heterocycles. The zero-order valence-electron chi connectivity index (χ0n) is 8.52. The highest BCUT2D eigenvalue weighted by Gasteiger charge is 2.20. The summed E-state index contributed by atoms with van der Waals surface area (Å²) in [5.74, 6) is 1.02. The zero-order chi connectivity index (χ0) is 11.2. The Morgan fingerprint density at radius 1 is 1.29 bits per heavy atom. The topological polar surface area (TPSA) is 46.2 Å². The second-order valence-corrected chi connectivity index (χ2v) is 6.53. The van der Waals surface area contributed by atoms with E-state index in [4.69, 9.17) is 23.2 Å². The third-order valence-corrected chi connectivity index (χ3v) is 4.04. The fourth-order valence-electron chi connectivity index (χ4n) is 0.855. The van der Waals surface area contributed by atoms with Crippen LogP contribution in [0.15, 0.2) is 0 Å². The van der Waals surface area contributed by atoms with Crippen LogP contribution in [0.1, 0.15) is 13.3 Å². The third-order valence-electron chi connectivity index (χ3n) is 1.83. The molecular formula is C8H17Cl2NO2S. The van der Waals surface area contributed by atoms with Gasteiger partial charge in [-0.1, -0.05) is 0 Å². The molecule has 0 rings (SSSR count). The normalized spacial score (nSPS) is 13.1. The van der Waals surface area contributed by atoms with E-state index in [1.54, 1.807) is 0 Å². The summed E-state index contributed by atoms with van der Waals surface area (Å²) < 4.78 is 21.6. The predicted octanol–water partition coefficient (Wildman–Crippen LogP) is 1.25. The number of hydrogen-bond acceptors (Lipinski definition) is 3. The van der Waals surface area contributed by atoms with Crippen LogP contribution in [0.25, 0.3) is 0 Å². The van der Waals surface area contributed by atoms with E-state index in [1.165, 1.54) is 6.26 Å². The first kappa shape index (κ1) is 14.5. The monoisotopic (exact) mass is 261 g/mol. The van der Waals surface area contributed by atoms with Gasteiger partial charge in [0.05, 0.1) is 5.75 Å². The van der Waals surface area contributed by atoms with E-state index in [0.717, 1.165) is 0 Å². The maximum atomic E-state index is 10.8. The van der Waals surface area contributed by atoms with Gasteiger partial charge in [0, 0.05) is 23.6 Å². The largest absolute Gasteiger partial charge is 0.309 e. The predicted molar refractivity (Wildman–Crippen MR) is 62.2 cm³/mol. The lowest BCUT2D eigenvalue weighted by Gasteiger charge is -2.25. The van der Waals surface area contributed by atoms with Crippen LogP contribution in [0.2, 0.25) is 0 Å². The van der Waals surface area contributed by atoms with E-state index in [9.17, 15) is 8.42 Å². The number of nitrogens with one attached hydrogen (secondary N) is 1. The smallest absolute Gasteiger partial charge is 0.147 e. The van der Waals surface area contributed by atoms with Crippen molar-refractivity contribution in [3.63, 3.8) is 0 Å². The quantitative estimate of drug-likeness (QED) is 0.555. The minimum absolute atomic E-state index is 0.195. The maximum Gasteiger partial charge on any atom is 0.147 e. The Balaban J connectivity index is 3.74. The van der Waals surface area contributed by atoms with Crippen molar-refractivity contribution in [3.05, 3.63) is 0 Å². The molecule has 14 heavy (non-hydrogen) atoms. The fraction of sp³-hybridized carbons (Fsp3) is 1.00. The maximum absolute atomic E-state index is 10.8. The number of alkyl halides is 2. The molecule has 6 heteroatoms. The molecule has 3 nitrogen and oxygen atoms in total. The molecule has 0 fully saturated rings. The van der Waals surface area contributed by atoms with Gasteiger partial charge >= 0.3 is 0 Å². The van der Waals surface area contributed by atoms with Crippen LogP contribution in [0.4, 0.5) is 0 Å². The summed E-state index contributed by atoms with van der Waals surface area (Å²) in [7, 11) is -2.86. The van der Waals surface area contributed by atoms with Crippen molar-refractivity contribution in [1.82, 2.24) is 5.32 Å². The molecular weight excluding hydrogens is 245 g/mol. The fourth-order valence-corrected chi connectivity index (χ4v) is 2.00. The van der Waals surface area contributed by atoms with Gasteiger partial charge in [-0.15, -0.1) is 23.2 Å². The summed E-state index contributed by atoms with van der Waals surface area (Å²) in [5.41, 5.74) is -0.305. The van der Waals surface area contributed by atoms with Crippen LogP contribution in [0, 0.1) is 0 Å². The van der Waals surface area contributed by atoms with Gasteiger partial charge in [-0.2, -0.15) is 0 Å². The van der Waals surface area contributed by atoms with Crippen molar-refractivity contribution in [2.75, 3.05) is 30.3 Å². The van der Waals surface area contributed by atoms with E-state index < -0.39 is 9.84 Å². The molecule has 0 aliphatic carbocycles. The van der Waals surface area contributed by atoms with Crippen molar-refractivity contribution >= 4 is 33.0 Å². The van der Waals surface area contributed by atoms with E-state index in [1.807, 2.05) is 6.92 Å². The zero-order valence-corrected chi connectivity index (χ0v) is 10.8. The first-order valence-electron chi connectivity index (χ1n) is 4.38. The van der Waals surface area contributed by atoms with Gasteiger partial charge in [-0.05, 0) is 19.9 Å². The number of hydrogen-bond donors (Lipinski definition) is 1. The molecule has 0 amide bonds. The number of halogens is 2. The average molecular weight is 262 g/mol. The van der Waals surface area contributed by atoms with Crippen LogP contribution in [0.5, 0.6) is 0 Å². The van der Waals surface area contributed by atoms with E-state index in [2.05, 4.69) is 5.32 Å². The van der Waals surface area contributed by atoms with Gasteiger partial charge in [-0.3, -0.25) is 0 Å². The lowest BCUT2D eigenvalue weighted by atomic mass is 10.1. The van der Waals surface area contributed by atoms with Crippen LogP contribution in [0.3, 0.4) is 0 Å². The molecule has 0 unspecified atom stereocenters. The summed E-state index contributed by atoms with van der Waals surface area (Å²) in [4.78, 5) is 0. The molecule has 0 aromatic carbocycles. The molecule has 0 heterocycles. The minimum atomic E-state index is -2.86. The van der Waals surface area contributed by atoms with Crippen molar-refractivity contribution in [3.8, 4) is 0 Å². The highest BCUT2D eigenvalue weighted by Crippen LogP contribution is 2.08. The van der Waals surface area contributed by atoms with Crippen LogP contribution in [-0.4, -0.2) is 44.3 Å². The van der Waals surface area contributed by atoms with E-state index in [-0.39, 0.29) is 11.3 Å². The summed E-state index contributed by atoms with van der Waals surface area (Å²) in [6.45, 7) is 2.52. The van der Waals surface area contributed by atoms with Crippen molar-refractivity contribution in [2.24, 2.45) is 0 Å². The molecule has 0 radical (unpaired) electrons. The summed E-state index contributed by atoms with van der Waals surface area (Å²) in [6.07, 6.45) is 1.82. The molecule has 0 aliphatic rings. The molecule has 86 valence electrons. The van der Waals surface area contributed by atoms with Crippen LogP contribution in [-0.2, 0) is 9.84 Å². The lowest BCUT2D eigenvalue weighted by molar-refractivity contribution is 0.437. The molecule has 0 aromatic rings. The number of sulfone groups is 1. The van der Waals surface area contributed by atoms with Crippen LogP contribution >= 0.6 is 23.2 Å². The van der Waals surface area contributed by atoms with Crippen molar-refractivity contribution < 1.29 is 8.42 Å². The number of rotatable bonds is 7.